The number of carbonyl (C=O) groups is 3. The van der Waals surface area contributed by atoms with Crippen molar-refractivity contribution in [3.05, 3.63) is 71.3 Å². The lowest BCUT2D eigenvalue weighted by Crippen LogP contribution is -2.34. The minimum absolute atomic E-state index is 0.109. The van der Waals surface area contributed by atoms with Gasteiger partial charge in [0.2, 0.25) is 0 Å². The van der Waals surface area contributed by atoms with E-state index in [4.69, 9.17) is 24.8 Å². The second kappa shape index (κ2) is 16.3. The third-order valence-electron chi connectivity index (χ3n) is 6.65. The molecule has 9 nitrogen and oxygen atoms in total. The van der Waals surface area contributed by atoms with Crippen molar-refractivity contribution in [2.75, 3.05) is 33.9 Å². The average Bonchev–Trinajstić information content (AvgIpc) is 3.23. The third-order valence-corrected chi connectivity index (χ3v) is 6.65. The van der Waals surface area contributed by atoms with Crippen molar-refractivity contribution in [3.63, 3.8) is 0 Å². The zero-order chi connectivity index (χ0) is 28.8. The van der Waals surface area contributed by atoms with Gasteiger partial charge in [0.25, 0.3) is 0 Å². The first kappa shape index (κ1) is 31.5. The Morgan fingerprint density at radius 2 is 1.51 bits per heavy atom. The Kier molecular flexibility index (Phi) is 13.2. The molecule has 2 aromatic carbocycles. The number of carboxylic acid groups (broad SMARTS) is 2. The number of aliphatic carboxylic acids is 2. The predicted molar refractivity (Wildman–Crippen MR) is 147 cm³/mol. The number of nitrogens with zero attached hydrogens (tertiary/aromatic N) is 1. The Bertz CT molecular complexity index is 1090. The Labute approximate surface area is 229 Å². The molecule has 1 aliphatic heterocycles. The SMILES string of the molecule is CCO.COc1cc2c(cc1OC)C(=O)C(CC1CCN(Cc3ccccc3)CC1)C2.O=C(O)C=CC(=O)O. The van der Waals surface area contributed by atoms with E-state index in [9.17, 15) is 14.4 Å². The van der Waals surface area contributed by atoms with Gasteiger partial charge in [-0.3, -0.25) is 9.69 Å². The number of rotatable bonds is 8. The first-order valence-corrected chi connectivity index (χ1v) is 13.0. The fourth-order valence-corrected chi connectivity index (χ4v) is 4.85. The van der Waals surface area contributed by atoms with Crippen LogP contribution in [0.1, 0.15) is 47.7 Å². The molecular formula is C30H39NO8. The van der Waals surface area contributed by atoms with E-state index in [1.54, 1.807) is 21.1 Å². The van der Waals surface area contributed by atoms with Crippen LogP contribution in [0, 0.1) is 11.8 Å². The summed E-state index contributed by atoms with van der Waals surface area (Å²) < 4.78 is 10.8. The fraction of sp³-hybridized carbons (Fsp3) is 0.433. The van der Waals surface area contributed by atoms with Crippen LogP contribution < -0.4 is 9.47 Å². The molecule has 1 heterocycles. The minimum atomic E-state index is -1.26. The topological polar surface area (TPSA) is 134 Å². The average molecular weight is 542 g/mol. The van der Waals surface area contributed by atoms with Gasteiger partial charge in [0.05, 0.1) is 14.2 Å². The van der Waals surface area contributed by atoms with E-state index >= 15 is 0 Å². The highest BCUT2D eigenvalue weighted by molar-refractivity contribution is 6.02. The van der Waals surface area contributed by atoms with Crippen LogP contribution in [0.5, 0.6) is 11.5 Å². The molecule has 1 atom stereocenters. The molecule has 1 aliphatic carbocycles. The Morgan fingerprint density at radius 1 is 0.974 bits per heavy atom. The summed E-state index contributed by atoms with van der Waals surface area (Å²) in [6.07, 6.45) is 5.31. The van der Waals surface area contributed by atoms with Gasteiger partial charge in [0, 0.05) is 36.8 Å². The van der Waals surface area contributed by atoms with Gasteiger partial charge in [-0.25, -0.2) is 9.59 Å². The molecule has 1 fully saturated rings. The molecule has 0 saturated carbocycles. The number of likely N-dealkylation sites (tertiary alicyclic amines) is 1. The molecule has 0 amide bonds. The van der Waals surface area contributed by atoms with Gasteiger partial charge in [-0.15, -0.1) is 0 Å². The van der Waals surface area contributed by atoms with Crippen LogP contribution in [0.3, 0.4) is 0 Å². The van der Waals surface area contributed by atoms with Crippen molar-refractivity contribution >= 4 is 17.7 Å². The summed E-state index contributed by atoms with van der Waals surface area (Å²) in [6, 6.07) is 14.5. The highest BCUT2D eigenvalue weighted by atomic mass is 16.5. The first-order chi connectivity index (χ1) is 18.7. The molecule has 2 aliphatic rings. The van der Waals surface area contributed by atoms with Crippen molar-refractivity contribution in [2.24, 2.45) is 11.8 Å². The van der Waals surface area contributed by atoms with Gasteiger partial charge in [0.1, 0.15) is 0 Å². The molecule has 3 N–H and O–H groups in total. The van der Waals surface area contributed by atoms with Gasteiger partial charge in [-0.1, -0.05) is 30.3 Å². The number of piperidine rings is 1. The third kappa shape index (κ3) is 10.2. The fourth-order valence-electron chi connectivity index (χ4n) is 4.85. The molecular weight excluding hydrogens is 502 g/mol. The summed E-state index contributed by atoms with van der Waals surface area (Å²) in [4.78, 5) is 34.6. The highest BCUT2D eigenvalue weighted by Gasteiger charge is 2.34. The Hall–Kier alpha value is -3.69. The normalized spacial score (nSPS) is 16.9. The van der Waals surface area contributed by atoms with Crippen molar-refractivity contribution in [2.45, 2.75) is 39.2 Å². The molecule has 0 spiro atoms. The number of hydrogen-bond donors (Lipinski definition) is 3. The lowest BCUT2D eigenvalue weighted by Gasteiger charge is -2.32. The summed E-state index contributed by atoms with van der Waals surface area (Å²) in [5.41, 5.74) is 3.31. The van der Waals surface area contributed by atoms with E-state index < -0.39 is 11.9 Å². The molecule has 0 bridgehead atoms. The summed E-state index contributed by atoms with van der Waals surface area (Å²) >= 11 is 0. The molecule has 4 rings (SSSR count). The van der Waals surface area contributed by atoms with Crippen molar-refractivity contribution < 1.29 is 39.2 Å². The number of ketones is 1. The smallest absolute Gasteiger partial charge is 0.328 e. The number of ether oxygens (including phenoxy) is 2. The minimum Gasteiger partial charge on any atom is -0.493 e. The second-order valence-corrected chi connectivity index (χ2v) is 9.40. The zero-order valence-corrected chi connectivity index (χ0v) is 22.8. The van der Waals surface area contributed by atoms with Gasteiger partial charge in [-0.05, 0) is 74.9 Å². The number of carbonyl (C=O) groups excluding carboxylic acids is 1. The van der Waals surface area contributed by atoms with E-state index in [2.05, 4.69) is 35.2 Å². The summed E-state index contributed by atoms with van der Waals surface area (Å²) in [5.74, 6) is -0.132. The van der Waals surface area contributed by atoms with Gasteiger partial charge in [0.15, 0.2) is 17.3 Å². The summed E-state index contributed by atoms with van der Waals surface area (Å²) in [7, 11) is 3.26. The number of Topliss-reactive ketones (excluding diaryl/α,β-unsaturated/α-hetero) is 1. The number of methoxy groups -OCH3 is 2. The zero-order valence-electron chi connectivity index (χ0n) is 22.8. The lowest BCUT2D eigenvalue weighted by atomic mass is 9.85. The molecule has 0 aromatic heterocycles. The van der Waals surface area contributed by atoms with Crippen LogP contribution in [0.2, 0.25) is 0 Å². The predicted octanol–water partition coefficient (Wildman–Crippen LogP) is 4.07. The van der Waals surface area contributed by atoms with Crippen LogP contribution in [0.4, 0.5) is 0 Å². The van der Waals surface area contributed by atoms with Crippen LogP contribution in [0.15, 0.2) is 54.6 Å². The van der Waals surface area contributed by atoms with Gasteiger partial charge < -0.3 is 24.8 Å². The maximum Gasteiger partial charge on any atom is 0.328 e. The second-order valence-electron chi connectivity index (χ2n) is 9.40. The molecule has 212 valence electrons. The number of fused-ring (bicyclic) bond motifs is 1. The first-order valence-electron chi connectivity index (χ1n) is 13.0. The number of carboxylic acids is 2. The molecule has 9 heteroatoms. The van der Waals surface area contributed by atoms with Crippen LogP contribution in [0.25, 0.3) is 0 Å². The maximum atomic E-state index is 12.9. The van der Waals surface area contributed by atoms with Crippen LogP contribution >= 0.6 is 0 Å². The monoisotopic (exact) mass is 541 g/mol. The maximum absolute atomic E-state index is 12.9. The van der Waals surface area contributed by atoms with Crippen LogP contribution in [-0.2, 0) is 22.6 Å². The van der Waals surface area contributed by atoms with E-state index in [1.165, 1.54) is 18.4 Å². The Balaban J connectivity index is 0.000000413. The van der Waals surface area contributed by atoms with Crippen molar-refractivity contribution in [3.8, 4) is 11.5 Å². The van der Waals surface area contributed by atoms with Crippen LogP contribution in [-0.4, -0.2) is 71.9 Å². The number of aliphatic hydroxyl groups excluding tert-OH is 1. The van der Waals surface area contributed by atoms with E-state index in [1.807, 2.05) is 12.1 Å². The number of aliphatic hydroxyl groups is 1. The molecule has 39 heavy (non-hydrogen) atoms. The molecule has 2 aromatic rings. The summed E-state index contributed by atoms with van der Waals surface area (Å²) in [5, 5.41) is 23.2. The largest absolute Gasteiger partial charge is 0.493 e. The number of benzene rings is 2. The van der Waals surface area contributed by atoms with Crippen molar-refractivity contribution in [1.29, 1.82) is 0 Å². The van der Waals surface area contributed by atoms with Gasteiger partial charge in [-0.2, -0.15) is 0 Å². The Morgan fingerprint density at radius 3 is 2.03 bits per heavy atom. The quantitative estimate of drug-likeness (QED) is 0.423. The lowest BCUT2D eigenvalue weighted by molar-refractivity contribution is -0.134. The van der Waals surface area contributed by atoms with E-state index in [0.29, 0.717) is 29.6 Å². The molecule has 0 radical (unpaired) electrons. The standard InChI is InChI=1S/C24H29NO3.C4H4O4.C2H6O/c1-27-22-14-19-13-20(24(26)21(19)15-23(22)28-2)12-17-8-10-25(11-9-17)16-18-6-4-3-5-7-18;5-3(6)1-2-4(7)8;1-2-3/h3-7,14-15,17,20H,8-13,16H2,1-2H3;1-2H,(H,5,6)(H,7,8);3H,2H2,1H3. The van der Waals surface area contributed by atoms with Gasteiger partial charge >= 0.3 is 11.9 Å². The van der Waals surface area contributed by atoms with Crippen molar-refractivity contribution in [1.82, 2.24) is 4.90 Å². The highest BCUT2D eigenvalue weighted by Crippen LogP contribution is 2.39. The summed E-state index contributed by atoms with van der Waals surface area (Å²) in [6.45, 7) is 5.20. The molecule has 1 saturated heterocycles. The molecule has 1 unspecified atom stereocenters. The van der Waals surface area contributed by atoms with E-state index in [-0.39, 0.29) is 18.3 Å². The van der Waals surface area contributed by atoms with E-state index in [0.717, 1.165) is 43.6 Å². The number of hydrogen-bond acceptors (Lipinski definition) is 7.